The maximum absolute atomic E-state index is 5.53. The summed E-state index contributed by atoms with van der Waals surface area (Å²) in [5, 5.41) is 1.35. The lowest BCUT2D eigenvalue weighted by Gasteiger charge is -2.01. The van der Waals surface area contributed by atoms with Gasteiger partial charge in [0.25, 0.3) is 5.22 Å². The van der Waals surface area contributed by atoms with Crippen molar-refractivity contribution in [3.05, 3.63) is 23.2 Å². The molecule has 0 aliphatic rings. The SMILES string of the molecule is Cc1cnc(N)nc1Sc1nc(C)c(C)o1. The summed E-state index contributed by atoms with van der Waals surface area (Å²) in [7, 11) is 0. The predicted octanol–water partition coefficient (Wildman–Crippen LogP) is 2.12. The van der Waals surface area contributed by atoms with Gasteiger partial charge in [-0.2, -0.15) is 0 Å². The molecule has 2 aromatic rings. The average molecular weight is 236 g/mol. The Hall–Kier alpha value is -1.56. The van der Waals surface area contributed by atoms with Crippen molar-refractivity contribution in [3.8, 4) is 0 Å². The molecule has 0 aliphatic carbocycles. The number of rotatable bonds is 2. The topological polar surface area (TPSA) is 77.8 Å². The molecule has 0 aromatic carbocycles. The fraction of sp³-hybridized carbons (Fsp3) is 0.300. The van der Waals surface area contributed by atoms with Crippen LogP contribution in [0.3, 0.4) is 0 Å². The van der Waals surface area contributed by atoms with E-state index in [1.807, 2.05) is 20.8 Å². The minimum absolute atomic E-state index is 0.258. The van der Waals surface area contributed by atoms with Crippen LogP contribution >= 0.6 is 11.8 Å². The maximum atomic E-state index is 5.53. The first-order chi connectivity index (χ1) is 7.56. The van der Waals surface area contributed by atoms with Crippen molar-refractivity contribution in [2.24, 2.45) is 0 Å². The first-order valence-corrected chi connectivity index (χ1v) is 5.59. The van der Waals surface area contributed by atoms with Crippen LogP contribution in [-0.4, -0.2) is 15.0 Å². The zero-order chi connectivity index (χ0) is 11.7. The summed E-state index contributed by atoms with van der Waals surface area (Å²) in [4.78, 5) is 12.3. The van der Waals surface area contributed by atoms with Crippen LogP contribution in [0, 0.1) is 20.8 Å². The van der Waals surface area contributed by atoms with Gasteiger partial charge in [0.05, 0.1) is 5.69 Å². The first-order valence-electron chi connectivity index (χ1n) is 4.77. The van der Waals surface area contributed by atoms with Crippen molar-refractivity contribution in [3.63, 3.8) is 0 Å². The van der Waals surface area contributed by atoms with Gasteiger partial charge in [0.1, 0.15) is 10.8 Å². The van der Waals surface area contributed by atoms with Crippen LogP contribution in [0.4, 0.5) is 5.95 Å². The van der Waals surface area contributed by atoms with E-state index < -0.39 is 0 Å². The van der Waals surface area contributed by atoms with E-state index in [2.05, 4.69) is 15.0 Å². The summed E-state index contributed by atoms with van der Waals surface area (Å²) in [6.45, 7) is 5.71. The fourth-order valence-corrected chi connectivity index (χ4v) is 1.98. The van der Waals surface area contributed by atoms with Crippen molar-refractivity contribution in [2.75, 3.05) is 5.73 Å². The Kier molecular flexibility index (Phi) is 2.82. The normalized spacial score (nSPS) is 10.7. The van der Waals surface area contributed by atoms with Gasteiger partial charge in [-0.3, -0.25) is 0 Å². The smallest absolute Gasteiger partial charge is 0.262 e. The van der Waals surface area contributed by atoms with Crippen LogP contribution in [0.15, 0.2) is 20.9 Å². The van der Waals surface area contributed by atoms with Gasteiger partial charge in [0, 0.05) is 11.8 Å². The summed E-state index contributed by atoms with van der Waals surface area (Å²) in [6.07, 6.45) is 1.69. The second kappa shape index (κ2) is 4.13. The van der Waals surface area contributed by atoms with Crippen molar-refractivity contribution in [2.45, 2.75) is 31.0 Å². The Labute approximate surface area is 97.5 Å². The average Bonchev–Trinajstić information content (AvgIpc) is 2.52. The van der Waals surface area contributed by atoms with Crippen molar-refractivity contribution in [1.29, 1.82) is 0 Å². The molecule has 84 valence electrons. The monoisotopic (exact) mass is 236 g/mol. The zero-order valence-corrected chi connectivity index (χ0v) is 10.1. The van der Waals surface area contributed by atoms with Crippen LogP contribution in [0.2, 0.25) is 0 Å². The molecule has 0 aliphatic heterocycles. The highest BCUT2D eigenvalue weighted by atomic mass is 32.2. The molecule has 2 N–H and O–H groups in total. The minimum Gasteiger partial charge on any atom is -0.436 e. The number of hydrogen-bond acceptors (Lipinski definition) is 6. The van der Waals surface area contributed by atoms with Gasteiger partial charge < -0.3 is 10.2 Å². The largest absolute Gasteiger partial charge is 0.436 e. The molecule has 0 fully saturated rings. The van der Waals surface area contributed by atoms with Gasteiger partial charge in [-0.1, -0.05) is 0 Å². The molecule has 0 saturated heterocycles. The van der Waals surface area contributed by atoms with E-state index in [9.17, 15) is 0 Å². The standard InChI is InChI=1S/C10H12N4OS/c1-5-4-12-9(11)14-8(5)16-10-13-6(2)7(3)15-10/h4H,1-3H3,(H2,11,12,14). The number of oxazole rings is 1. The first kappa shape index (κ1) is 10.9. The van der Waals surface area contributed by atoms with Crippen LogP contribution in [0.5, 0.6) is 0 Å². The molecule has 16 heavy (non-hydrogen) atoms. The molecule has 2 heterocycles. The molecule has 0 atom stereocenters. The highest BCUT2D eigenvalue weighted by molar-refractivity contribution is 7.99. The van der Waals surface area contributed by atoms with Gasteiger partial charge in [0.2, 0.25) is 5.95 Å². The van der Waals surface area contributed by atoms with E-state index >= 15 is 0 Å². The molecule has 2 rings (SSSR count). The summed E-state index contributed by atoms with van der Waals surface area (Å²) >= 11 is 1.35. The number of aromatic nitrogens is 3. The number of hydrogen-bond donors (Lipinski definition) is 1. The number of nitrogens with zero attached hydrogens (tertiary/aromatic N) is 3. The fourth-order valence-electron chi connectivity index (χ4n) is 1.11. The Morgan fingerprint density at radius 1 is 1.25 bits per heavy atom. The third-order valence-electron chi connectivity index (χ3n) is 2.14. The number of nitrogens with two attached hydrogens (primary N) is 1. The van der Waals surface area contributed by atoms with Gasteiger partial charge in [-0.25, -0.2) is 15.0 Å². The molecule has 6 heteroatoms. The molecule has 0 amide bonds. The van der Waals surface area contributed by atoms with E-state index in [1.54, 1.807) is 6.20 Å². The number of anilines is 1. The Morgan fingerprint density at radius 3 is 2.62 bits per heavy atom. The van der Waals surface area contributed by atoms with E-state index in [1.165, 1.54) is 11.8 Å². The zero-order valence-electron chi connectivity index (χ0n) is 9.31. The predicted molar refractivity (Wildman–Crippen MR) is 61.3 cm³/mol. The second-order valence-electron chi connectivity index (χ2n) is 3.44. The molecule has 0 unspecified atom stereocenters. The van der Waals surface area contributed by atoms with E-state index in [-0.39, 0.29) is 5.95 Å². The van der Waals surface area contributed by atoms with Gasteiger partial charge in [0.15, 0.2) is 0 Å². The minimum atomic E-state index is 0.258. The molecule has 0 saturated carbocycles. The van der Waals surface area contributed by atoms with Gasteiger partial charge in [-0.05, 0) is 32.5 Å². The molecule has 0 spiro atoms. The Bertz CT molecular complexity index is 504. The lowest BCUT2D eigenvalue weighted by Crippen LogP contribution is -1.97. The molecular formula is C10H12N4OS. The van der Waals surface area contributed by atoms with Crippen molar-refractivity contribution >= 4 is 17.7 Å². The number of nitrogen functional groups attached to an aromatic ring is 1. The second-order valence-corrected chi connectivity index (χ2v) is 4.38. The van der Waals surface area contributed by atoms with Crippen LogP contribution in [-0.2, 0) is 0 Å². The van der Waals surface area contributed by atoms with Crippen molar-refractivity contribution < 1.29 is 4.42 Å². The van der Waals surface area contributed by atoms with Gasteiger partial charge >= 0.3 is 0 Å². The van der Waals surface area contributed by atoms with Crippen LogP contribution in [0.1, 0.15) is 17.0 Å². The lowest BCUT2D eigenvalue weighted by molar-refractivity contribution is 0.431. The van der Waals surface area contributed by atoms with Gasteiger partial charge in [-0.15, -0.1) is 0 Å². The third kappa shape index (κ3) is 2.16. The Morgan fingerprint density at radius 2 is 2.00 bits per heavy atom. The quantitative estimate of drug-likeness (QED) is 0.805. The van der Waals surface area contributed by atoms with Crippen molar-refractivity contribution in [1.82, 2.24) is 15.0 Å². The molecule has 2 aromatic heterocycles. The Balaban J connectivity index is 2.29. The highest BCUT2D eigenvalue weighted by Gasteiger charge is 2.10. The highest BCUT2D eigenvalue weighted by Crippen LogP contribution is 2.29. The molecule has 0 bridgehead atoms. The van der Waals surface area contributed by atoms with E-state index in [0.717, 1.165) is 22.0 Å². The van der Waals surface area contributed by atoms with E-state index in [0.29, 0.717) is 5.22 Å². The van der Waals surface area contributed by atoms with E-state index in [4.69, 9.17) is 10.2 Å². The van der Waals surface area contributed by atoms with Crippen LogP contribution < -0.4 is 5.73 Å². The summed E-state index contributed by atoms with van der Waals surface area (Å²) in [5.74, 6) is 1.08. The molecular weight excluding hydrogens is 224 g/mol. The lowest BCUT2D eigenvalue weighted by atomic mass is 10.4. The summed E-state index contributed by atoms with van der Waals surface area (Å²) in [5.41, 5.74) is 7.37. The molecule has 0 radical (unpaired) electrons. The summed E-state index contributed by atoms with van der Waals surface area (Å²) in [6, 6.07) is 0. The third-order valence-corrected chi connectivity index (χ3v) is 3.09. The molecule has 5 nitrogen and oxygen atoms in total. The number of aryl methyl sites for hydroxylation is 3. The van der Waals surface area contributed by atoms with Crippen LogP contribution in [0.25, 0.3) is 0 Å². The maximum Gasteiger partial charge on any atom is 0.262 e. The summed E-state index contributed by atoms with van der Waals surface area (Å²) < 4.78 is 5.46.